The third kappa shape index (κ3) is 2.22. The van der Waals surface area contributed by atoms with Crippen LogP contribution in [0.25, 0.3) is 0 Å². The first-order chi connectivity index (χ1) is 7.61. The summed E-state index contributed by atoms with van der Waals surface area (Å²) in [4.78, 5) is 10.4. The van der Waals surface area contributed by atoms with Gasteiger partial charge < -0.3 is 5.11 Å². The molecule has 0 spiro atoms. The van der Waals surface area contributed by atoms with Crippen molar-refractivity contribution in [3.8, 4) is 0 Å². The zero-order valence-corrected chi connectivity index (χ0v) is 8.93. The SMILES string of the molecule is [CH2]C(CO)c1cc(C2CC2)cc([N+](=O)[O-])c1. The van der Waals surface area contributed by atoms with Crippen molar-refractivity contribution in [1.29, 1.82) is 0 Å². The van der Waals surface area contributed by atoms with E-state index >= 15 is 0 Å². The Morgan fingerprint density at radius 2 is 2.19 bits per heavy atom. The summed E-state index contributed by atoms with van der Waals surface area (Å²) in [6, 6.07) is 5.06. The van der Waals surface area contributed by atoms with Crippen molar-refractivity contribution >= 4 is 5.69 Å². The molecule has 0 aromatic heterocycles. The third-order valence-corrected chi connectivity index (χ3v) is 2.91. The molecule has 1 fully saturated rings. The maximum atomic E-state index is 10.8. The van der Waals surface area contributed by atoms with Crippen molar-refractivity contribution in [2.75, 3.05) is 6.61 Å². The Hall–Kier alpha value is -1.42. The van der Waals surface area contributed by atoms with E-state index in [1.807, 2.05) is 6.07 Å². The minimum Gasteiger partial charge on any atom is -0.396 e. The first kappa shape index (κ1) is 11.1. The molecule has 1 aromatic rings. The molecule has 0 heterocycles. The van der Waals surface area contributed by atoms with Crippen molar-refractivity contribution in [3.05, 3.63) is 46.4 Å². The molecular weight excluding hydrogens is 206 g/mol. The molecule has 16 heavy (non-hydrogen) atoms. The Morgan fingerprint density at radius 1 is 1.50 bits per heavy atom. The zero-order chi connectivity index (χ0) is 11.7. The molecule has 1 N–H and O–H groups in total. The van der Waals surface area contributed by atoms with Crippen LogP contribution in [0.3, 0.4) is 0 Å². The molecule has 0 amide bonds. The van der Waals surface area contributed by atoms with E-state index in [0.29, 0.717) is 5.92 Å². The van der Waals surface area contributed by atoms with Crippen molar-refractivity contribution in [3.63, 3.8) is 0 Å². The van der Waals surface area contributed by atoms with Gasteiger partial charge in [-0.3, -0.25) is 10.1 Å². The van der Waals surface area contributed by atoms with Crippen LogP contribution in [0.15, 0.2) is 18.2 Å². The number of hydrogen-bond donors (Lipinski definition) is 1. The molecule has 1 aliphatic carbocycles. The lowest BCUT2D eigenvalue weighted by Gasteiger charge is -2.10. The Labute approximate surface area is 94.1 Å². The van der Waals surface area contributed by atoms with Crippen molar-refractivity contribution in [2.45, 2.75) is 24.7 Å². The van der Waals surface area contributed by atoms with Gasteiger partial charge in [-0.05, 0) is 36.8 Å². The monoisotopic (exact) mass is 220 g/mol. The van der Waals surface area contributed by atoms with Gasteiger partial charge in [0.1, 0.15) is 0 Å². The molecule has 4 nitrogen and oxygen atoms in total. The minimum atomic E-state index is -0.389. The lowest BCUT2D eigenvalue weighted by molar-refractivity contribution is -0.385. The van der Waals surface area contributed by atoms with Gasteiger partial charge in [0.05, 0.1) is 4.92 Å². The summed E-state index contributed by atoms with van der Waals surface area (Å²) in [5.74, 6) is 0.168. The van der Waals surface area contributed by atoms with Crippen LogP contribution in [0.1, 0.15) is 35.8 Å². The second kappa shape index (κ2) is 4.22. The number of hydrogen-bond acceptors (Lipinski definition) is 3. The number of nitro benzene ring substituents is 1. The van der Waals surface area contributed by atoms with E-state index in [0.717, 1.165) is 24.0 Å². The van der Waals surface area contributed by atoms with Crippen molar-refractivity contribution < 1.29 is 10.0 Å². The Bertz CT molecular complexity index is 413. The molecule has 2 rings (SSSR count). The number of nitrogens with zero attached hydrogens (tertiary/aromatic N) is 1. The molecular formula is C12H14NO3. The molecule has 1 aromatic carbocycles. The van der Waals surface area contributed by atoms with E-state index in [2.05, 4.69) is 6.92 Å². The largest absolute Gasteiger partial charge is 0.396 e. The molecule has 0 aliphatic heterocycles. The lowest BCUT2D eigenvalue weighted by atomic mass is 9.97. The average molecular weight is 220 g/mol. The van der Waals surface area contributed by atoms with Crippen molar-refractivity contribution in [2.24, 2.45) is 0 Å². The standard InChI is InChI=1S/C12H14NO3/c1-8(7-14)10-4-11(9-2-3-9)6-12(5-10)13(15)16/h4-6,8-9,14H,1-3,7H2. The number of non-ortho nitro benzene ring substituents is 1. The summed E-state index contributed by atoms with van der Waals surface area (Å²) >= 11 is 0. The first-order valence-corrected chi connectivity index (χ1v) is 5.35. The van der Waals surface area contributed by atoms with Crippen LogP contribution in [-0.4, -0.2) is 16.6 Å². The van der Waals surface area contributed by atoms with E-state index < -0.39 is 0 Å². The quantitative estimate of drug-likeness (QED) is 0.626. The molecule has 1 unspecified atom stereocenters. The Morgan fingerprint density at radius 3 is 2.69 bits per heavy atom. The molecule has 0 bridgehead atoms. The molecule has 1 radical (unpaired) electrons. The highest BCUT2D eigenvalue weighted by Crippen LogP contribution is 2.42. The maximum absolute atomic E-state index is 10.8. The molecule has 85 valence electrons. The number of rotatable bonds is 4. The first-order valence-electron chi connectivity index (χ1n) is 5.35. The van der Waals surface area contributed by atoms with E-state index in [4.69, 9.17) is 5.11 Å². The summed E-state index contributed by atoms with van der Waals surface area (Å²) < 4.78 is 0. The van der Waals surface area contributed by atoms with Crippen LogP contribution in [0.2, 0.25) is 0 Å². The summed E-state index contributed by atoms with van der Waals surface area (Å²) in [5.41, 5.74) is 1.85. The van der Waals surface area contributed by atoms with Gasteiger partial charge in [0.15, 0.2) is 0 Å². The number of aliphatic hydroxyl groups excluding tert-OH is 1. The molecule has 4 heteroatoms. The maximum Gasteiger partial charge on any atom is 0.269 e. The van der Waals surface area contributed by atoms with Crippen molar-refractivity contribution in [1.82, 2.24) is 0 Å². The van der Waals surface area contributed by atoms with Crippen LogP contribution in [0, 0.1) is 17.0 Å². The molecule has 1 aliphatic rings. The highest BCUT2D eigenvalue weighted by molar-refractivity contribution is 5.43. The predicted molar refractivity (Wildman–Crippen MR) is 60.3 cm³/mol. The second-order valence-corrected chi connectivity index (χ2v) is 4.27. The predicted octanol–water partition coefficient (Wildman–Crippen LogP) is 2.38. The number of nitro groups is 1. The minimum absolute atomic E-state index is 0.0920. The van der Waals surface area contributed by atoms with E-state index in [1.54, 1.807) is 6.07 Å². The van der Waals surface area contributed by atoms with Gasteiger partial charge in [0, 0.05) is 24.7 Å². The van der Waals surface area contributed by atoms with Gasteiger partial charge in [-0.2, -0.15) is 0 Å². The fraction of sp³-hybridized carbons (Fsp3) is 0.417. The number of benzene rings is 1. The highest BCUT2D eigenvalue weighted by atomic mass is 16.6. The van der Waals surface area contributed by atoms with Crippen LogP contribution in [0.5, 0.6) is 0 Å². The summed E-state index contributed by atoms with van der Waals surface area (Å²) in [5, 5.41) is 19.8. The van der Waals surface area contributed by atoms with Crippen LogP contribution < -0.4 is 0 Å². The van der Waals surface area contributed by atoms with Gasteiger partial charge in [-0.15, -0.1) is 0 Å². The van der Waals surface area contributed by atoms with Crippen LogP contribution in [0.4, 0.5) is 5.69 Å². The summed E-state index contributed by atoms with van der Waals surface area (Å²) in [6.07, 6.45) is 2.20. The van der Waals surface area contributed by atoms with E-state index in [1.165, 1.54) is 6.07 Å². The van der Waals surface area contributed by atoms with Gasteiger partial charge in [0.25, 0.3) is 5.69 Å². The highest BCUT2D eigenvalue weighted by Gasteiger charge is 2.26. The van der Waals surface area contributed by atoms with Crippen LogP contribution >= 0.6 is 0 Å². The smallest absolute Gasteiger partial charge is 0.269 e. The topological polar surface area (TPSA) is 63.4 Å². The third-order valence-electron chi connectivity index (χ3n) is 2.91. The summed E-state index contributed by atoms with van der Waals surface area (Å²) in [7, 11) is 0. The van der Waals surface area contributed by atoms with Gasteiger partial charge in [0.2, 0.25) is 0 Å². The van der Waals surface area contributed by atoms with E-state index in [9.17, 15) is 10.1 Å². The van der Waals surface area contributed by atoms with Gasteiger partial charge >= 0.3 is 0 Å². The van der Waals surface area contributed by atoms with Gasteiger partial charge in [-0.25, -0.2) is 0 Å². The zero-order valence-electron chi connectivity index (χ0n) is 8.93. The van der Waals surface area contributed by atoms with Gasteiger partial charge in [-0.1, -0.05) is 6.07 Å². The average Bonchev–Trinajstić information content (AvgIpc) is 3.11. The fourth-order valence-corrected chi connectivity index (χ4v) is 1.76. The van der Waals surface area contributed by atoms with Crippen LogP contribution in [-0.2, 0) is 0 Å². The molecule has 1 atom stereocenters. The number of aliphatic hydroxyl groups is 1. The Balaban J connectivity index is 2.40. The Kier molecular flexibility index (Phi) is 2.92. The second-order valence-electron chi connectivity index (χ2n) is 4.27. The fourth-order valence-electron chi connectivity index (χ4n) is 1.76. The lowest BCUT2D eigenvalue weighted by Crippen LogP contribution is -2.01. The molecule has 1 saturated carbocycles. The van der Waals surface area contributed by atoms with E-state index in [-0.39, 0.29) is 23.1 Å². The molecule has 0 saturated heterocycles. The summed E-state index contributed by atoms with van der Waals surface area (Å²) in [6.45, 7) is 3.68. The normalized spacial score (nSPS) is 17.1.